The molecule has 1 aromatic heterocycles. The number of hydrogen-bond acceptors (Lipinski definition) is 3. The Balaban J connectivity index is 2.09. The lowest BCUT2D eigenvalue weighted by molar-refractivity contribution is -0.0112. The third-order valence-electron chi connectivity index (χ3n) is 4.56. The molecule has 0 amide bonds. The van der Waals surface area contributed by atoms with Gasteiger partial charge in [0.15, 0.2) is 0 Å². The van der Waals surface area contributed by atoms with Gasteiger partial charge in [-0.05, 0) is 18.6 Å². The van der Waals surface area contributed by atoms with E-state index in [9.17, 15) is 13.9 Å². The van der Waals surface area contributed by atoms with Crippen LogP contribution < -0.4 is 0 Å². The van der Waals surface area contributed by atoms with Gasteiger partial charge in [-0.3, -0.25) is 0 Å². The van der Waals surface area contributed by atoms with Gasteiger partial charge in [0.1, 0.15) is 29.9 Å². The van der Waals surface area contributed by atoms with Crippen LogP contribution in [0.15, 0.2) is 55.1 Å². The summed E-state index contributed by atoms with van der Waals surface area (Å²) in [7, 11) is 0. The first-order chi connectivity index (χ1) is 11.9. The van der Waals surface area contributed by atoms with Crippen molar-refractivity contribution in [3.05, 3.63) is 83.4 Å². The minimum Gasteiger partial charge on any atom is -0.382 e. The fourth-order valence-electron chi connectivity index (χ4n) is 2.99. The Kier molecular flexibility index (Phi) is 4.63. The fourth-order valence-corrected chi connectivity index (χ4v) is 2.99. The van der Waals surface area contributed by atoms with E-state index in [1.165, 1.54) is 23.4 Å². The van der Waals surface area contributed by atoms with Gasteiger partial charge in [0.2, 0.25) is 0 Å². The van der Waals surface area contributed by atoms with Crippen molar-refractivity contribution in [2.45, 2.75) is 31.9 Å². The van der Waals surface area contributed by atoms with E-state index < -0.39 is 23.2 Å². The number of halogens is 2. The van der Waals surface area contributed by atoms with Crippen LogP contribution in [0.5, 0.6) is 0 Å². The molecule has 25 heavy (non-hydrogen) atoms. The molecule has 2 unspecified atom stereocenters. The SMILES string of the molecule is Cc1ccc(C(C)C(O)(Cn2cncn2)c2ccc(F)cc2F)cc1. The number of aliphatic hydroxyl groups is 1. The largest absolute Gasteiger partial charge is 0.382 e. The summed E-state index contributed by atoms with van der Waals surface area (Å²) in [5.74, 6) is -1.94. The molecule has 1 N–H and O–H groups in total. The molecule has 0 aliphatic carbocycles. The Hall–Kier alpha value is -2.60. The second-order valence-corrected chi connectivity index (χ2v) is 6.27. The predicted octanol–water partition coefficient (Wildman–Crippen LogP) is 3.56. The summed E-state index contributed by atoms with van der Waals surface area (Å²) in [5.41, 5.74) is 0.332. The summed E-state index contributed by atoms with van der Waals surface area (Å²) in [5, 5.41) is 15.5. The lowest BCUT2D eigenvalue weighted by Crippen LogP contribution is -2.38. The van der Waals surface area contributed by atoms with Crippen LogP contribution in [0.4, 0.5) is 8.78 Å². The zero-order valence-corrected chi connectivity index (χ0v) is 14.0. The molecule has 0 fully saturated rings. The topological polar surface area (TPSA) is 50.9 Å². The van der Waals surface area contributed by atoms with Crippen molar-refractivity contribution in [1.29, 1.82) is 0 Å². The average Bonchev–Trinajstić information content (AvgIpc) is 3.07. The maximum absolute atomic E-state index is 14.5. The summed E-state index contributed by atoms with van der Waals surface area (Å²) < 4.78 is 29.2. The van der Waals surface area contributed by atoms with Crippen LogP contribution in [0.2, 0.25) is 0 Å². The number of aryl methyl sites for hydroxylation is 1. The molecule has 4 nitrogen and oxygen atoms in total. The molecule has 0 saturated carbocycles. The molecule has 2 aromatic carbocycles. The van der Waals surface area contributed by atoms with E-state index in [0.717, 1.165) is 23.3 Å². The van der Waals surface area contributed by atoms with Crippen LogP contribution in [-0.4, -0.2) is 19.9 Å². The van der Waals surface area contributed by atoms with Crippen molar-refractivity contribution in [2.24, 2.45) is 0 Å². The van der Waals surface area contributed by atoms with E-state index in [1.807, 2.05) is 38.1 Å². The van der Waals surface area contributed by atoms with Crippen molar-refractivity contribution in [3.8, 4) is 0 Å². The van der Waals surface area contributed by atoms with Gasteiger partial charge in [0.05, 0.1) is 6.54 Å². The van der Waals surface area contributed by atoms with Gasteiger partial charge >= 0.3 is 0 Å². The Morgan fingerprint density at radius 2 is 1.88 bits per heavy atom. The molecule has 0 bridgehead atoms. The maximum Gasteiger partial charge on any atom is 0.137 e. The van der Waals surface area contributed by atoms with E-state index in [0.29, 0.717) is 0 Å². The van der Waals surface area contributed by atoms with Crippen LogP contribution in [0, 0.1) is 18.6 Å². The molecule has 0 radical (unpaired) electrons. The molecule has 0 aliphatic heterocycles. The van der Waals surface area contributed by atoms with Gasteiger partial charge in [-0.2, -0.15) is 5.10 Å². The first-order valence-corrected chi connectivity index (χ1v) is 7.97. The first-order valence-electron chi connectivity index (χ1n) is 7.97. The van der Waals surface area contributed by atoms with Gasteiger partial charge in [0, 0.05) is 17.5 Å². The molecule has 130 valence electrons. The lowest BCUT2D eigenvalue weighted by Gasteiger charge is -2.35. The van der Waals surface area contributed by atoms with Crippen LogP contribution in [0.1, 0.15) is 29.5 Å². The van der Waals surface area contributed by atoms with Gasteiger partial charge in [-0.1, -0.05) is 42.8 Å². The van der Waals surface area contributed by atoms with Crippen molar-refractivity contribution in [1.82, 2.24) is 14.8 Å². The summed E-state index contributed by atoms with van der Waals surface area (Å²) in [6.45, 7) is 3.77. The summed E-state index contributed by atoms with van der Waals surface area (Å²) >= 11 is 0. The third-order valence-corrected chi connectivity index (χ3v) is 4.56. The second-order valence-electron chi connectivity index (χ2n) is 6.27. The van der Waals surface area contributed by atoms with Gasteiger partial charge < -0.3 is 5.11 Å². The molecule has 1 heterocycles. The van der Waals surface area contributed by atoms with E-state index in [4.69, 9.17) is 0 Å². The molecule has 0 spiro atoms. The quantitative estimate of drug-likeness (QED) is 0.771. The number of hydrogen-bond donors (Lipinski definition) is 1. The molecule has 6 heteroatoms. The maximum atomic E-state index is 14.5. The molecular formula is C19H19F2N3O. The van der Waals surface area contributed by atoms with E-state index >= 15 is 0 Å². The number of rotatable bonds is 5. The zero-order chi connectivity index (χ0) is 18.0. The van der Waals surface area contributed by atoms with Crippen LogP contribution in [0.3, 0.4) is 0 Å². The van der Waals surface area contributed by atoms with Crippen LogP contribution in [0.25, 0.3) is 0 Å². The Bertz CT molecular complexity index is 850. The summed E-state index contributed by atoms with van der Waals surface area (Å²) in [6, 6.07) is 10.9. The highest BCUT2D eigenvalue weighted by Gasteiger charge is 2.39. The Morgan fingerprint density at radius 3 is 2.48 bits per heavy atom. The third kappa shape index (κ3) is 3.44. The molecule has 3 rings (SSSR count). The summed E-state index contributed by atoms with van der Waals surface area (Å²) in [4.78, 5) is 3.87. The highest BCUT2D eigenvalue weighted by Crippen LogP contribution is 2.39. The Morgan fingerprint density at radius 1 is 1.16 bits per heavy atom. The fraction of sp³-hybridized carbons (Fsp3) is 0.263. The smallest absolute Gasteiger partial charge is 0.137 e. The van der Waals surface area contributed by atoms with Crippen molar-refractivity contribution >= 4 is 0 Å². The monoisotopic (exact) mass is 343 g/mol. The molecule has 3 aromatic rings. The minimum absolute atomic E-state index is 0.00933. The van der Waals surface area contributed by atoms with E-state index in [1.54, 1.807) is 0 Å². The van der Waals surface area contributed by atoms with E-state index in [-0.39, 0.29) is 12.1 Å². The Labute approximate surface area is 144 Å². The molecule has 0 saturated heterocycles. The molecular weight excluding hydrogens is 324 g/mol. The number of nitrogens with zero attached hydrogens (tertiary/aromatic N) is 3. The normalized spacial score (nSPS) is 14.9. The van der Waals surface area contributed by atoms with Gasteiger partial charge in [-0.15, -0.1) is 0 Å². The lowest BCUT2D eigenvalue weighted by atomic mass is 9.78. The zero-order valence-electron chi connectivity index (χ0n) is 14.0. The van der Waals surface area contributed by atoms with Crippen LogP contribution in [-0.2, 0) is 12.1 Å². The van der Waals surface area contributed by atoms with Gasteiger partial charge in [0.25, 0.3) is 0 Å². The molecule has 2 atom stereocenters. The standard InChI is InChI=1S/C19H19F2N3O/c1-13-3-5-15(6-4-13)14(2)19(25,10-24-12-22-11-23-24)17-8-7-16(20)9-18(17)21/h3-9,11-12,14,25H,10H2,1-2H3. The summed E-state index contributed by atoms with van der Waals surface area (Å²) in [6.07, 6.45) is 2.80. The van der Waals surface area contributed by atoms with Crippen molar-refractivity contribution in [2.75, 3.05) is 0 Å². The second kappa shape index (κ2) is 6.72. The van der Waals surface area contributed by atoms with Gasteiger partial charge in [-0.25, -0.2) is 18.4 Å². The van der Waals surface area contributed by atoms with E-state index in [2.05, 4.69) is 10.1 Å². The first kappa shape index (κ1) is 17.2. The number of aromatic nitrogens is 3. The minimum atomic E-state index is -1.62. The van der Waals surface area contributed by atoms with Crippen LogP contribution >= 0.6 is 0 Å². The molecule has 0 aliphatic rings. The van der Waals surface area contributed by atoms with Crippen molar-refractivity contribution < 1.29 is 13.9 Å². The van der Waals surface area contributed by atoms with Crippen molar-refractivity contribution in [3.63, 3.8) is 0 Å². The highest BCUT2D eigenvalue weighted by atomic mass is 19.1. The number of benzene rings is 2. The predicted molar refractivity (Wildman–Crippen MR) is 89.9 cm³/mol. The highest BCUT2D eigenvalue weighted by molar-refractivity contribution is 5.33. The average molecular weight is 343 g/mol.